The molecule has 0 amide bonds. The van der Waals surface area contributed by atoms with E-state index >= 15 is 0 Å². The molecule has 0 aromatic carbocycles. The highest BCUT2D eigenvalue weighted by Crippen LogP contribution is 2.58. The van der Waals surface area contributed by atoms with E-state index in [9.17, 15) is 13.2 Å². The van der Waals surface area contributed by atoms with E-state index in [1.807, 2.05) is 6.07 Å². The van der Waals surface area contributed by atoms with E-state index in [0.29, 0.717) is 22.4 Å². The average molecular weight is 341 g/mol. The largest absolute Gasteiger partial charge is 0.396 e. The van der Waals surface area contributed by atoms with Gasteiger partial charge in [0, 0.05) is 17.3 Å². The lowest BCUT2D eigenvalue weighted by atomic mass is 10.1. The summed E-state index contributed by atoms with van der Waals surface area (Å²) in [5, 5.41) is 13.2. The van der Waals surface area contributed by atoms with Crippen molar-refractivity contribution in [2.24, 2.45) is 5.41 Å². The van der Waals surface area contributed by atoms with Gasteiger partial charge in [0.1, 0.15) is 11.2 Å². The Bertz CT molecular complexity index is 800. The Kier molecular flexibility index (Phi) is 3.60. The second-order valence-corrected chi connectivity index (χ2v) is 6.13. The van der Waals surface area contributed by atoms with Crippen molar-refractivity contribution < 1.29 is 13.2 Å². The summed E-state index contributed by atoms with van der Waals surface area (Å²) in [4.78, 5) is 4.08. The predicted molar refractivity (Wildman–Crippen MR) is 77.6 cm³/mol. The molecule has 1 saturated carbocycles. The van der Waals surface area contributed by atoms with Gasteiger partial charge >= 0.3 is 6.18 Å². The number of alkyl halides is 3. The lowest BCUT2D eigenvalue weighted by molar-refractivity contribution is -0.191. The van der Waals surface area contributed by atoms with E-state index in [-0.39, 0.29) is 24.5 Å². The van der Waals surface area contributed by atoms with Gasteiger partial charge in [-0.2, -0.15) is 23.5 Å². The van der Waals surface area contributed by atoms with Crippen LogP contribution in [0.4, 0.5) is 13.2 Å². The molecule has 2 aromatic rings. The van der Waals surface area contributed by atoms with Crippen molar-refractivity contribution >= 4 is 11.6 Å². The number of aromatic nitrogens is 3. The summed E-state index contributed by atoms with van der Waals surface area (Å²) >= 11 is 6.08. The molecule has 1 aliphatic carbocycles. The molecule has 0 N–H and O–H groups in total. The molecule has 23 heavy (non-hydrogen) atoms. The van der Waals surface area contributed by atoms with Gasteiger partial charge in [-0.25, -0.2) is 4.98 Å². The number of pyridine rings is 1. The minimum absolute atomic E-state index is 0.122. The highest BCUT2D eigenvalue weighted by molar-refractivity contribution is 6.32. The molecule has 0 saturated heterocycles. The zero-order valence-corrected chi connectivity index (χ0v) is 12.9. The van der Waals surface area contributed by atoms with Gasteiger partial charge in [0.25, 0.3) is 0 Å². The molecule has 0 spiro atoms. The number of aryl methyl sites for hydroxylation is 1. The second-order valence-electron chi connectivity index (χ2n) is 5.78. The van der Waals surface area contributed by atoms with E-state index in [1.54, 1.807) is 13.0 Å². The third-order valence-corrected chi connectivity index (χ3v) is 4.44. The minimum Gasteiger partial charge on any atom is -0.271 e. The first-order valence-corrected chi connectivity index (χ1v) is 7.30. The molecule has 8 heteroatoms. The van der Waals surface area contributed by atoms with Crippen LogP contribution in [-0.2, 0) is 6.54 Å². The van der Waals surface area contributed by atoms with Crippen LogP contribution >= 0.6 is 11.6 Å². The number of halogens is 4. The molecule has 0 radical (unpaired) electrons. The molecule has 0 bridgehead atoms. The molecule has 4 nitrogen and oxygen atoms in total. The molecular formula is C15H12ClF3N4. The van der Waals surface area contributed by atoms with E-state index < -0.39 is 11.6 Å². The van der Waals surface area contributed by atoms with Gasteiger partial charge in [-0.3, -0.25) is 4.68 Å². The molecule has 1 aliphatic rings. The molecule has 120 valence electrons. The van der Waals surface area contributed by atoms with Crippen LogP contribution in [0.1, 0.15) is 24.1 Å². The van der Waals surface area contributed by atoms with Crippen molar-refractivity contribution in [1.29, 1.82) is 5.26 Å². The number of nitriles is 1. The predicted octanol–water partition coefficient (Wildman–Crippen LogP) is 4.12. The van der Waals surface area contributed by atoms with Crippen LogP contribution in [0, 0.1) is 23.7 Å². The molecule has 2 aromatic heterocycles. The van der Waals surface area contributed by atoms with Crippen molar-refractivity contribution in [2.75, 3.05) is 0 Å². The van der Waals surface area contributed by atoms with Crippen molar-refractivity contribution in [3.8, 4) is 17.2 Å². The second kappa shape index (κ2) is 5.24. The molecule has 3 rings (SSSR count). The van der Waals surface area contributed by atoms with E-state index in [0.717, 1.165) is 0 Å². The SMILES string of the molecule is Cc1nc(Cl)c(-c2cnn(CC3(C(F)(F)F)CC3)c2)cc1C#N. The summed E-state index contributed by atoms with van der Waals surface area (Å²) in [6, 6.07) is 3.58. The van der Waals surface area contributed by atoms with Gasteiger partial charge in [-0.15, -0.1) is 0 Å². The third kappa shape index (κ3) is 2.79. The van der Waals surface area contributed by atoms with Crippen molar-refractivity contribution in [1.82, 2.24) is 14.8 Å². The minimum atomic E-state index is -4.23. The van der Waals surface area contributed by atoms with Gasteiger partial charge < -0.3 is 0 Å². The van der Waals surface area contributed by atoms with E-state index in [2.05, 4.69) is 10.1 Å². The summed E-state index contributed by atoms with van der Waals surface area (Å²) in [5.74, 6) is 0. The Balaban J connectivity index is 1.90. The average Bonchev–Trinajstić information content (AvgIpc) is 3.11. The molecule has 2 heterocycles. The zero-order valence-electron chi connectivity index (χ0n) is 12.2. The van der Waals surface area contributed by atoms with Crippen LogP contribution in [0.3, 0.4) is 0 Å². The molecule has 1 fully saturated rings. The Morgan fingerprint density at radius 2 is 2.13 bits per heavy atom. The van der Waals surface area contributed by atoms with Crippen LogP contribution in [0.25, 0.3) is 11.1 Å². The first-order chi connectivity index (χ1) is 10.8. The maximum absolute atomic E-state index is 13.0. The summed E-state index contributed by atoms with van der Waals surface area (Å²) in [6.07, 6.45) is -1.04. The lowest BCUT2D eigenvalue weighted by Gasteiger charge is -2.18. The maximum atomic E-state index is 13.0. The van der Waals surface area contributed by atoms with Gasteiger partial charge in [-0.1, -0.05) is 11.6 Å². The van der Waals surface area contributed by atoms with Crippen LogP contribution in [0.5, 0.6) is 0 Å². The number of nitrogens with zero attached hydrogens (tertiary/aromatic N) is 4. The van der Waals surface area contributed by atoms with Crippen LogP contribution in [-0.4, -0.2) is 20.9 Å². The Labute approximate surface area is 135 Å². The molecular weight excluding hydrogens is 329 g/mol. The number of hydrogen-bond donors (Lipinski definition) is 0. The molecule has 0 unspecified atom stereocenters. The van der Waals surface area contributed by atoms with Crippen molar-refractivity contribution in [2.45, 2.75) is 32.5 Å². The molecule has 0 atom stereocenters. The van der Waals surface area contributed by atoms with Crippen molar-refractivity contribution in [3.63, 3.8) is 0 Å². The topological polar surface area (TPSA) is 54.5 Å². The Hall–Kier alpha value is -2.07. The normalized spacial score (nSPS) is 16.2. The fraction of sp³-hybridized carbons (Fsp3) is 0.400. The van der Waals surface area contributed by atoms with E-state index in [1.165, 1.54) is 17.1 Å². The standard InChI is InChI=1S/C15H12ClF3N4/c1-9-10(5-20)4-12(13(16)22-9)11-6-21-23(7-11)8-14(2-3-14)15(17,18)19/h4,6-7H,2-3,8H2,1H3. The summed E-state index contributed by atoms with van der Waals surface area (Å²) in [6.45, 7) is 1.45. The van der Waals surface area contributed by atoms with Crippen LogP contribution in [0.15, 0.2) is 18.5 Å². The smallest absolute Gasteiger partial charge is 0.271 e. The quantitative estimate of drug-likeness (QED) is 0.790. The Morgan fingerprint density at radius 1 is 1.43 bits per heavy atom. The lowest BCUT2D eigenvalue weighted by Crippen LogP contribution is -2.29. The van der Waals surface area contributed by atoms with Gasteiger partial charge in [0.05, 0.1) is 29.4 Å². The summed E-state index contributed by atoms with van der Waals surface area (Å²) in [7, 11) is 0. The van der Waals surface area contributed by atoms with Crippen LogP contribution < -0.4 is 0 Å². The van der Waals surface area contributed by atoms with Crippen molar-refractivity contribution in [3.05, 3.63) is 34.9 Å². The van der Waals surface area contributed by atoms with E-state index in [4.69, 9.17) is 16.9 Å². The fourth-order valence-corrected chi connectivity index (χ4v) is 2.76. The summed E-state index contributed by atoms with van der Waals surface area (Å²) < 4.78 is 40.3. The van der Waals surface area contributed by atoms with Gasteiger partial charge in [0.15, 0.2) is 0 Å². The first-order valence-electron chi connectivity index (χ1n) is 6.92. The summed E-state index contributed by atoms with van der Waals surface area (Å²) in [5.41, 5.74) is 0.228. The number of hydrogen-bond acceptors (Lipinski definition) is 3. The highest BCUT2D eigenvalue weighted by Gasteiger charge is 2.63. The Morgan fingerprint density at radius 3 is 2.70 bits per heavy atom. The molecule has 0 aliphatic heterocycles. The number of rotatable bonds is 3. The van der Waals surface area contributed by atoms with Gasteiger partial charge in [0.2, 0.25) is 0 Å². The maximum Gasteiger partial charge on any atom is 0.396 e. The monoisotopic (exact) mass is 340 g/mol. The fourth-order valence-electron chi connectivity index (χ4n) is 2.47. The van der Waals surface area contributed by atoms with Gasteiger partial charge in [-0.05, 0) is 25.8 Å². The highest BCUT2D eigenvalue weighted by atomic mass is 35.5. The first kappa shape index (κ1) is 15.8. The third-order valence-electron chi connectivity index (χ3n) is 4.15. The zero-order chi connectivity index (χ0) is 16.8. The van der Waals surface area contributed by atoms with Crippen LogP contribution in [0.2, 0.25) is 5.15 Å².